The van der Waals surface area contributed by atoms with E-state index in [4.69, 9.17) is 10.5 Å². The van der Waals surface area contributed by atoms with Crippen LogP contribution < -0.4 is 10.5 Å². The highest BCUT2D eigenvalue weighted by Crippen LogP contribution is 2.23. The second-order valence-corrected chi connectivity index (χ2v) is 5.23. The molecule has 0 radical (unpaired) electrons. The Hall–Kier alpha value is -2.01. The average Bonchev–Trinajstić information content (AvgIpc) is 2.91. The Labute approximate surface area is 116 Å². The van der Waals surface area contributed by atoms with Gasteiger partial charge in [-0.1, -0.05) is 6.07 Å². The minimum atomic E-state index is -0.0494. The van der Waals surface area contributed by atoms with Crippen molar-refractivity contribution in [2.24, 2.45) is 0 Å². The minimum absolute atomic E-state index is 0.0494. The maximum Gasteiger partial charge on any atom is 0.254 e. The molecule has 0 aliphatic heterocycles. The molecular formula is C14H16N2O2S. The average molecular weight is 276 g/mol. The van der Waals surface area contributed by atoms with E-state index >= 15 is 0 Å². The molecule has 2 N–H and O–H groups in total. The van der Waals surface area contributed by atoms with Crippen molar-refractivity contribution < 1.29 is 9.53 Å². The summed E-state index contributed by atoms with van der Waals surface area (Å²) in [6.45, 7) is 0.600. The summed E-state index contributed by atoms with van der Waals surface area (Å²) in [5.74, 6) is 0.474. The fraction of sp³-hybridized carbons (Fsp3) is 0.214. The highest BCUT2D eigenvalue weighted by Gasteiger charge is 2.14. The van der Waals surface area contributed by atoms with Gasteiger partial charge in [-0.3, -0.25) is 4.79 Å². The van der Waals surface area contributed by atoms with Crippen molar-refractivity contribution in [1.82, 2.24) is 4.90 Å². The Morgan fingerprint density at radius 2 is 2.21 bits per heavy atom. The summed E-state index contributed by atoms with van der Waals surface area (Å²) in [7, 11) is 3.32. The van der Waals surface area contributed by atoms with Crippen molar-refractivity contribution in [3.05, 3.63) is 46.2 Å². The number of nitrogen functional groups attached to an aromatic ring is 1. The molecule has 1 aromatic carbocycles. The summed E-state index contributed by atoms with van der Waals surface area (Å²) in [4.78, 5) is 15.1. The van der Waals surface area contributed by atoms with Gasteiger partial charge in [-0.25, -0.2) is 0 Å². The lowest BCUT2D eigenvalue weighted by molar-refractivity contribution is 0.0786. The van der Waals surface area contributed by atoms with Gasteiger partial charge < -0.3 is 15.4 Å². The second-order valence-electron chi connectivity index (χ2n) is 4.20. The Balaban J connectivity index is 2.14. The maximum absolute atomic E-state index is 12.3. The predicted octanol–water partition coefficient (Wildman–Crippen LogP) is 2.61. The van der Waals surface area contributed by atoms with Crippen LogP contribution in [0, 0.1) is 0 Å². The van der Waals surface area contributed by atoms with Crippen molar-refractivity contribution in [3.63, 3.8) is 0 Å². The number of carbonyl (C=O) groups excluding carboxylic acids is 1. The molecule has 0 unspecified atom stereocenters. The van der Waals surface area contributed by atoms with Gasteiger partial charge in [-0.05, 0) is 29.6 Å². The molecule has 19 heavy (non-hydrogen) atoms. The van der Waals surface area contributed by atoms with Crippen LogP contribution in [0.2, 0.25) is 0 Å². The number of hydrogen-bond acceptors (Lipinski definition) is 4. The van der Waals surface area contributed by atoms with Crippen LogP contribution in [0.5, 0.6) is 5.75 Å². The van der Waals surface area contributed by atoms with Crippen LogP contribution >= 0.6 is 11.3 Å². The molecule has 0 aliphatic carbocycles. The number of anilines is 1. The first-order valence-corrected chi connectivity index (χ1v) is 6.71. The van der Waals surface area contributed by atoms with Crippen molar-refractivity contribution in [3.8, 4) is 5.75 Å². The van der Waals surface area contributed by atoms with Crippen LogP contribution in [0.4, 0.5) is 5.69 Å². The summed E-state index contributed by atoms with van der Waals surface area (Å²) in [6.07, 6.45) is 0. The zero-order chi connectivity index (χ0) is 13.8. The Kier molecular flexibility index (Phi) is 4.06. The van der Waals surface area contributed by atoms with E-state index in [1.165, 1.54) is 7.11 Å². The van der Waals surface area contributed by atoms with Crippen LogP contribution in [0.15, 0.2) is 35.7 Å². The second kappa shape index (κ2) is 5.75. The third kappa shape index (κ3) is 3.06. The number of benzene rings is 1. The molecule has 0 saturated heterocycles. The van der Waals surface area contributed by atoms with E-state index in [2.05, 4.69) is 0 Å². The largest absolute Gasteiger partial charge is 0.495 e. The van der Waals surface area contributed by atoms with Crippen molar-refractivity contribution in [1.29, 1.82) is 0 Å². The van der Waals surface area contributed by atoms with E-state index < -0.39 is 0 Å². The smallest absolute Gasteiger partial charge is 0.254 e. The third-order valence-electron chi connectivity index (χ3n) is 2.80. The van der Waals surface area contributed by atoms with Gasteiger partial charge in [-0.15, -0.1) is 11.3 Å². The first-order chi connectivity index (χ1) is 9.11. The summed E-state index contributed by atoms with van der Waals surface area (Å²) in [6, 6.07) is 9.06. The molecule has 5 heteroatoms. The number of methoxy groups -OCH3 is 1. The van der Waals surface area contributed by atoms with E-state index in [0.717, 1.165) is 4.88 Å². The molecule has 4 nitrogen and oxygen atoms in total. The lowest BCUT2D eigenvalue weighted by atomic mass is 10.1. The van der Waals surface area contributed by atoms with Gasteiger partial charge in [0.2, 0.25) is 0 Å². The number of rotatable bonds is 4. The first kappa shape index (κ1) is 13.4. The number of thiophene rings is 1. The maximum atomic E-state index is 12.3. The normalized spacial score (nSPS) is 10.2. The zero-order valence-electron chi connectivity index (χ0n) is 10.9. The van der Waals surface area contributed by atoms with Gasteiger partial charge in [0.25, 0.3) is 5.91 Å². The number of nitrogens with zero attached hydrogens (tertiary/aromatic N) is 1. The van der Waals surface area contributed by atoms with Crippen LogP contribution in [0.25, 0.3) is 0 Å². The standard InChI is InChI=1S/C14H16N2O2S/c1-16(9-11-4-3-7-19-11)14(17)10-5-6-12(15)13(8-10)18-2/h3-8H,9,15H2,1-2H3. The summed E-state index contributed by atoms with van der Waals surface area (Å²) < 4.78 is 5.13. The van der Waals surface area contributed by atoms with Crippen molar-refractivity contribution >= 4 is 22.9 Å². The number of ether oxygens (including phenoxy) is 1. The van der Waals surface area contributed by atoms with Gasteiger partial charge in [0, 0.05) is 17.5 Å². The molecule has 1 heterocycles. The first-order valence-electron chi connectivity index (χ1n) is 5.83. The molecule has 1 amide bonds. The Morgan fingerprint density at radius 1 is 1.42 bits per heavy atom. The SMILES string of the molecule is COc1cc(C(=O)N(C)Cc2cccs2)ccc1N. The number of nitrogens with two attached hydrogens (primary N) is 1. The van der Waals surface area contributed by atoms with Crippen LogP contribution in [-0.4, -0.2) is 25.0 Å². The zero-order valence-corrected chi connectivity index (χ0v) is 11.7. The van der Waals surface area contributed by atoms with E-state index in [-0.39, 0.29) is 5.91 Å². The quantitative estimate of drug-likeness (QED) is 0.873. The highest BCUT2D eigenvalue weighted by molar-refractivity contribution is 7.09. The molecule has 0 aliphatic rings. The predicted molar refractivity (Wildman–Crippen MR) is 77.5 cm³/mol. The van der Waals surface area contributed by atoms with Crippen LogP contribution in [-0.2, 0) is 6.54 Å². The van der Waals surface area contributed by atoms with Gasteiger partial charge in [0.1, 0.15) is 5.75 Å². The molecule has 0 fully saturated rings. The fourth-order valence-electron chi connectivity index (χ4n) is 1.77. The third-order valence-corrected chi connectivity index (χ3v) is 3.66. The van der Waals surface area contributed by atoms with Gasteiger partial charge in [0.15, 0.2) is 0 Å². The van der Waals surface area contributed by atoms with Crippen LogP contribution in [0.3, 0.4) is 0 Å². The molecule has 0 atom stereocenters. The summed E-state index contributed by atoms with van der Waals surface area (Å²) in [5, 5.41) is 2.00. The molecule has 0 saturated carbocycles. The van der Waals surface area contributed by atoms with E-state index in [1.54, 1.807) is 41.5 Å². The molecular weight excluding hydrogens is 260 g/mol. The number of carbonyl (C=O) groups is 1. The molecule has 2 aromatic rings. The monoisotopic (exact) mass is 276 g/mol. The fourth-order valence-corrected chi connectivity index (χ4v) is 2.53. The van der Waals surface area contributed by atoms with E-state index in [0.29, 0.717) is 23.5 Å². The molecule has 0 spiro atoms. The van der Waals surface area contributed by atoms with Gasteiger partial charge in [0.05, 0.1) is 19.3 Å². The van der Waals surface area contributed by atoms with Crippen molar-refractivity contribution in [2.45, 2.75) is 6.54 Å². The molecule has 0 bridgehead atoms. The van der Waals surface area contributed by atoms with E-state index in [9.17, 15) is 4.79 Å². The van der Waals surface area contributed by atoms with Crippen LogP contribution in [0.1, 0.15) is 15.2 Å². The molecule has 1 aromatic heterocycles. The Morgan fingerprint density at radius 3 is 2.84 bits per heavy atom. The summed E-state index contributed by atoms with van der Waals surface area (Å²) >= 11 is 1.64. The summed E-state index contributed by atoms with van der Waals surface area (Å²) in [5.41, 5.74) is 6.84. The minimum Gasteiger partial charge on any atom is -0.495 e. The van der Waals surface area contributed by atoms with Gasteiger partial charge >= 0.3 is 0 Å². The van der Waals surface area contributed by atoms with E-state index in [1.807, 2.05) is 17.5 Å². The lowest BCUT2D eigenvalue weighted by Crippen LogP contribution is -2.25. The van der Waals surface area contributed by atoms with Crippen molar-refractivity contribution in [2.75, 3.05) is 19.9 Å². The molecule has 100 valence electrons. The topological polar surface area (TPSA) is 55.6 Å². The highest BCUT2D eigenvalue weighted by atomic mass is 32.1. The number of amides is 1. The lowest BCUT2D eigenvalue weighted by Gasteiger charge is -2.17. The van der Waals surface area contributed by atoms with Gasteiger partial charge in [-0.2, -0.15) is 0 Å². The Bertz CT molecular complexity index is 567. The molecule has 2 rings (SSSR count). The number of hydrogen-bond donors (Lipinski definition) is 1.